The molecule has 0 aliphatic heterocycles. The Kier molecular flexibility index (Phi) is 3.81. The minimum Gasteiger partial charge on any atom is -0.381 e. The molecule has 2 aromatic rings. The van der Waals surface area contributed by atoms with Crippen molar-refractivity contribution in [2.45, 2.75) is 6.54 Å². The Bertz CT molecular complexity index is 605. The van der Waals surface area contributed by atoms with E-state index in [-0.39, 0.29) is 5.02 Å². The molecule has 0 fully saturated rings. The Morgan fingerprint density at radius 1 is 1.22 bits per heavy atom. The van der Waals surface area contributed by atoms with E-state index in [4.69, 9.17) is 16.9 Å². The molecule has 2 rings (SSSR count). The van der Waals surface area contributed by atoms with E-state index in [2.05, 4.69) is 11.4 Å². The second kappa shape index (κ2) is 5.52. The number of hydrogen-bond donors (Lipinski definition) is 1. The van der Waals surface area contributed by atoms with Gasteiger partial charge in [0.15, 0.2) is 0 Å². The maximum Gasteiger partial charge on any atom is 0.142 e. The summed E-state index contributed by atoms with van der Waals surface area (Å²) in [5.74, 6) is -0.429. The van der Waals surface area contributed by atoms with Crippen LogP contribution >= 0.6 is 11.6 Å². The summed E-state index contributed by atoms with van der Waals surface area (Å²) in [5.41, 5.74) is 2.20. The maximum absolute atomic E-state index is 13.2. The highest BCUT2D eigenvalue weighted by molar-refractivity contribution is 6.30. The Balaban J connectivity index is 2.07. The predicted molar refractivity (Wildman–Crippen MR) is 69.9 cm³/mol. The molecule has 2 nitrogen and oxygen atoms in total. The first-order chi connectivity index (χ1) is 8.69. The molecule has 0 heterocycles. The summed E-state index contributed by atoms with van der Waals surface area (Å²) >= 11 is 5.61. The second-order valence-electron chi connectivity index (χ2n) is 3.79. The van der Waals surface area contributed by atoms with Gasteiger partial charge in [-0.1, -0.05) is 23.7 Å². The van der Waals surface area contributed by atoms with Crippen LogP contribution in [0.4, 0.5) is 10.1 Å². The Hall–Kier alpha value is -2.05. The van der Waals surface area contributed by atoms with Gasteiger partial charge in [0.25, 0.3) is 0 Å². The van der Waals surface area contributed by atoms with Crippen LogP contribution in [0.1, 0.15) is 11.1 Å². The normalized spacial score (nSPS) is 9.83. The Labute approximate surface area is 110 Å². The van der Waals surface area contributed by atoms with Crippen molar-refractivity contribution in [3.8, 4) is 6.07 Å². The quantitative estimate of drug-likeness (QED) is 0.907. The van der Waals surface area contributed by atoms with Gasteiger partial charge < -0.3 is 5.32 Å². The van der Waals surface area contributed by atoms with Crippen molar-refractivity contribution in [1.82, 2.24) is 0 Å². The molecule has 0 aliphatic carbocycles. The lowest BCUT2D eigenvalue weighted by Gasteiger charge is -2.07. The van der Waals surface area contributed by atoms with Gasteiger partial charge in [-0.2, -0.15) is 5.26 Å². The number of nitrogens with zero attached hydrogens (tertiary/aromatic N) is 1. The van der Waals surface area contributed by atoms with Crippen molar-refractivity contribution in [3.63, 3.8) is 0 Å². The second-order valence-corrected chi connectivity index (χ2v) is 4.20. The highest BCUT2D eigenvalue weighted by atomic mass is 35.5. The molecule has 1 N–H and O–H groups in total. The molecule has 0 bridgehead atoms. The number of nitriles is 1. The van der Waals surface area contributed by atoms with Crippen molar-refractivity contribution in [1.29, 1.82) is 5.26 Å². The van der Waals surface area contributed by atoms with E-state index < -0.39 is 5.82 Å². The van der Waals surface area contributed by atoms with Crippen molar-refractivity contribution in [2.24, 2.45) is 0 Å². The molecule has 0 atom stereocenters. The lowest BCUT2D eigenvalue weighted by molar-refractivity contribution is 0.626. The average Bonchev–Trinajstić information content (AvgIpc) is 2.40. The van der Waals surface area contributed by atoms with Gasteiger partial charge in [0.05, 0.1) is 16.7 Å². The summed E-state index contributed by atoms with van der Waals surface area (Å²) in [6.45, 7) is 0.475. The molecular weight excluding hydrogens is 251 g/mol. The smallest absolute Gasteiger partial charge is 0.142 e. The van der Waals surface area contributed by atoms with Gasteiger partial charge in [-0.25, -0.2) is 4.39 Å². The molecule has 2 aromatic carbocycles. The lowest BCUT2D eigenvalue weighted by Crippen LogP contribution is -2.00. The largest absolute Gasteiger partial charge is 0.381 e. The van der Waals surface area contributed by atoms with E-state index in [9.17, 15) is 4.39 Å². The van der Waals surface area contributed by atoms with Crippen molar-refractivity contribution < 1.29 is 4.39 Å². The molecule has 0 aliphatic rings. The van der Waals surface area contributed by atoms with Gasteiger partial charge in [0.2, 0.25) is 0 Å². The number of rotatable bonds is 3. The summed E-state index contributed by atoms with van der Waals surface area (Å²) in [4.78, 5) is 0. The van der Waals surface area contributed by atoms with Gasteiger partial charge in [-0.05, 0) is 35.9 Å². The van der Waals surface area contributed by atoms with Gasteiger partial charge in [0, 0.05) is 12.2 Å². The van der Waals surface area contributed by atoms with Crippen molar-refractivity contribution in [2.75, 3.05) is 5.32 Å². The van der Waals surface area contributed by atoms with E-state index in [0.717, 1.165) is 11.3 Å². The van der Waals surface area contributed by atoms with Crippen LogP contribution in [-0.2, 0) is 6.54 Å². The fourth-order valence-electron chi connectivity index (χ4n) is 1.55. The Morgan fingerprint density at radius 3 is 2.78 bits per heavy atom. The van der Waals surface area contributed by atoms with Crippen LogP contribution in [0.5, 0.6) is 0 Å². The standard InChI is InChI=1S/C14H10ClFN2/c15-13-5-4-11(7-14(13)16)9-18-12-3-1-2-10(6-12)8-17/h1-7,18H,9H2. The van der Waals surface area contributed by atoms with E-state index in [1.807, 2.05) is 6.07 Å². The van der Waals surface area contributed by atoms with Gasteiger partial charge in [0.1, 0.15) is 5.82 Å². The van der Waals surface area contributed by atoms with Gasteiger partial charge in [-0.15, -0.1) is 0 Å². The zero-order chi connectivity index (χ0) is 13.0. The number of benzene rings is 2. The first kappa shape index (κ1) is 12.4. The third-order valence-electron chi connectivity index (χ3n) is 2.47. The highest BCUT2D eigenvalue weighted by Gasteiger charge is 2.01. The zero-order valence-corrected chi connectivity index (χ0v) is 10.2. The molecular formula is C14H10ClFN2. The molecule has 90 valence electrons. The first-order valence-corrected chi connectivity index (χ1v) is 5.75. The van der Waals surface area contributed by atoms with Gasteiger partial charge >= 0.3 is 0 Å². The van der Waals surface area contributed by atoms with Crippen LogP contribution in [0.3, 0.4) is 0 Å². The molecule has 0 spiro atoms. The number of hydrogen-bond acceptors (Lipinski definition) is 2. The average molecular weight is 261 g/mol. The minimum atomic E-state index is -0.429. The summed E-state index contributed by atoms with van der Waals surface area (Å²) in [5, 5.41) is 12.0. The number of nitrogens with one attached hydrogen (secondary N) is 1. The molecule has 18 heavy (non-hydrogen) atoms. The van der Waals surface area contributed by atoms with Crippen LogP contribution in [-0.4, -0.2) is 0 Å². The zero-order valence-electron chi connectivity index (χ0n) is 9.45. The predicted octanol–water partition coefficient (Wildman–Crippen LogP) is 3.96. The topological polar surface area (TPSA) is 35.8 Å². The van der Waals surface area contributed by atoms with E-state index in [0.29, 0.717) is 12.1 Å². The molecule has 0 saturated carbocycles. The van der Waals surface area contributed by atoms with Crippen LogP contribution in [0.15, 0.2) is 42.5 Å². The van der Waals surface area contributed by atoms with Crippen LogP contribution in [0, 0.1) is 17.1 Å². The summed E-state index contributed by atoms with van der Waals surface area (Å²) in [6.07, 6.45) is 0. The Morgan fingerprint density at radius 2 is 2.06 bits per heavy atom. The molecule has 0 aromatic heterocycles. The summed E-state index contributed by atoms with van der Waals surface area (Å²) in [6, 6.07) is 13.9. The first-order valence-electron chi connectivity index (χ1n) is 5.37. The third kappa shape index (κ3) is 2.99. The van der Waals surface area contributed by atoms with E-state index in [1.54, 1.807) is 24.3 Å². The summed E-state index contributed by atoms with van der Waals surface area (Å²) < 4.78 is 13.2. The number of halogens is 2. The highest BCUT2D eigenvalue weighted by Crippen LogP contribution is 2.17. The molecule has 0 saturated heterocycles. The molecule has 0 amide bonds. The van der Waals surface area contributed by atoms with Gasteiger partial charge in [-0.3, -0.25) is 0 Å². The fraction of sp³-hybridized carbons (Fsp3) is 0.0714. The molecule has 0 unspecified atom stereocenters. The van der Waals surface area contributed by atoms with Crippen molar-refractivity contribution in [3.05, 3.63) is 64.4 Å². The monoisotopic (exact) mass is 260 g/mol. The fourth-order valence-corrected chi connectivity index (χ4v) is 1.67. The summed E-state index contributed by atoms with van der Waals surface area (Å²) in [7, 11) is 0. The van der Waals surface area contributed by atoms with E-state index in [1.165, 1.54) is 12.1 Å². The molecule has 0 radical (unpaired) electrons. The SMILES string of the molecule is N#Cc1cccc(NCc2ccc(Cl)c(F)c2)c1. The molecule has 4 heteroatoms. The van der Waals surface area contributed by atoms with Crippen LogP contribution in [0.2, 0.25) is 5.02 Å². The van der Waals surface area contributed by atoms with E-state index >= 15 is 0 Å². The van der Waals surface area contributed by atoms with Crippen LogP contribution < -0.4 is 5.32 Å². The third-order valence-corrected chi connectivity index (χ3v) is 2.78. The minimum absolute atomic E-state index is 0.116. The maximum atomic E-state index is 13.2. The van der Waals surface area contributed by atoms with Crippen molar-refractivity contribution >= 4 is 17.3 Å². The number of anilines is 1. The lowest BCUT2D eigenvalue weighted by atomic mass is 10.2. The van der Waals surface area contributed by atoms with Crippen LogP contribution in [0.25, 0.3) is 0 Å².